The minimum Gasteiger partial charge on any atom is -0.466 e. The van der Waals surface area contributed by atoms with E-state index >= 15 is 0 Å². The largest absolute Gasteiger partial charge is 0.466 e. The van der Waals surface area contributed by atoms with Gasteiger partial charge in [0.1, 0.15) is 0 Å². The Morgan fingerprint density at radius 3 is 2.85 bits per heavy atom. The second-order valence-electron chi connectivity index (χ2n) is 2.60. The minimum atomic E-state index is -0.251. The summed E-state index contributed by atoms with van der Waals surface area (Å²) in [5, 5.41) is 0. The maximum atomic E-state index is 10.9. The lowest BCUT2D eigenvalue weighted by molar-refractivity contribution is -0.136. The molecule has 0 bridgehead atoms. The van der Waals surface area contributed by atoms with Gasteiger partial charge >= 0.3 is 5.97 Å². The minimum absolute atomic E-state index is 0.251. The number of ether oxygens (including phenoxy) is 1. The van der Waals surface area contributed by atoms with E-state index in [4.69, 9.17) is 5.73 Å². The predicted molar refractivity (Wildman–Crippen MR) is 56.8 cm³/mol. The van der Waals surface area contributed by atoms with E-state index in [9.17, 15) is 4.79 Å². The molecule has 0 spiro atoms. The molecule has 0 aliphatic rings. The van der Waals surface area contributed by atoms with Crippen LogP contribution in [0, 0.1) is 0 Å². The van der Waals surface area contributed by atoms with Gasteiger partial charge in [-0.25, -0.2) is 4.79 Å². The van der Waals surface area contributed by atoms with Gasteiger partial charge in [-0.3, -0.25) is 0 Å². The van der Waals surface area contributed by atoms with Crippen molar-refractivity contribution in [1.82, 2.24) is 0 Å². The van der Waals surface area contributed by atoms with E-state index in [0.29, 0.717) is 5.57 Å². The zero-order chi connectivity index (χ0) is 10.1. The highest BCUT2D eigenvalue weighted by Gasteiger charge is 2.00. The number of esters is 1. The van der Waals surface area contributed by atoms with Gasteiger partial charge < -0.3 is 10.5 Å². The highest BCUT2D eigenvalue weighted by atomic mass is 32.2. The number of rotatable bonds is 6. The first kappa shape index (κ1) is 12.5. The van der Waals surface area contributed by atoms with E-state index in [1.165, 1.54) is 7.11 Å². The summed E-state index contributed by atoms with van der Waals surface area (Å²) in [6.07, 6.45) is 2.91. The summed E-state index contributed by atoms with van der Waals surface area (Å²) in [6, 6.07) is 0. The van der Waals surface area contributed by atoms with Gasteiger partial charge in [0.05, 0.1) is 7.11 Å². The molecule has 3 nitrogen and oxygen atoms in total. The Balaban J connectivity index is 3.53. The Morgan fingerprint density at radius 2 is 2.31 bits per heavy atom. The van der Waals surface area contributed by atoms with Crippen molar-refractivity contribution in [1.29, 1.82) is 0 Å². The van der Waals surface area contributed by atoms with Crippen LogP contribution in [0.15, 0.2) is 11.6 Å². The molecule has 0 saturated carbocycles. The summed E-state index contributed by atoms with van der Waals surface area (Å²) in [5.41, 5.74) is 6.01. The van der Waals surface area contributed by atoms with Crippen molar-refractivity contribution in [2.24, 2.45) is 5.73 Å². The fourth-order valence-corrected chi connectivity index (χ4v) is 1.60. The van der Waals surface area contributed by atoms with E-state index < -0.39 is 0 Å². The van der Waals surface area contributed by atoms with Crippen LogP contribution in [0.3, 0.4) is 0 Å². The molecule has 0 saturated heterocycles. The van der Waals surface area contributed by atoms with Crippen molar-refractivity contribution in [3.8, 4) is 0 Å². The van der Waals surface area contributed by atoms with Crippen LogP contribution in [0.2, 0.25) is 0 Å². The number of carbonyl (C=O) groups is 1. The van der Waals surface area contributed by atoms with Gasteiger partial charge in [-0.05, 0) is 25.6 Å². The normalized spacial score (nSPS) is 11.5. The van der Waals surface area contributed by atoms with E-state index in [0.717, 1.165) is 24.5 Å². The number of hydrogen-bond acceptors (Lipinski definition) is 4. The fraction of sp³-hybridized carbons (Fsp3) is 0.667. The number of methoxy groups -OCH3 is 1. The first-order chi connectivity index (χ1) is 6.22. The summed E-state index contributed by atoms with van der Waals surface area (Å²) in [5.74, 6) is 1.64. The van der Waals surface area contributed by atoms with Crippen LogP contribution in [-0.2, 0) is 9.53 Å². The van der Waals surface area contributed by atoms with Crippen molar-refractivity contribution >= 4 is 17.7 Å². The number of carbonyl (C=O) groups excluding carboxylic acids is 1. The molecule has 0 aromatic rings. The van der Waals surface area contributed by atoms with Crippen molar-refractivity contribution in [3.63, 3.8) is 0 Å². The Bertz CT molecular complexity index is 180. The zero-order valence-electron chi connectivity index (χ0n) is 8.21. The Kier molecular flexibility index (Phi) is 7.83. The third-order valence-corrected chi connectivity index (χ3v) is 2.49. The molecule has 0 aromatic heterocycles. The van der Waals surface area contributed by atoms with Crippen molar-refractivity contribution in [3.05, 3.63) is 11.6 Å². The average Bonchev–Trinajstić information content (AvgIpc) is 2.16. The van der Waals surface area contributed by atoms with Gasteiger partial charge in [0.2, 0.25) is 0 Å². The molecule has 0 unspecified atom stereocenters. The van der Waals surface area contributed by atoms with Crippen LogP contribution < -0.4 is 5.73 Å². The molecule has 4 heteroatoms. The Hall–Kier alpha value is -0.480. The van der Waals surface area contributed by atoms with Crippen molar-refractivity contribution in [2.45, 2.75) is 13.3 Å². The molecule has 0 aliphatic carbocycles. The van der Waals surface area contributed by atoms with Crippen LogP contribution in [0.5, 0.6) is 0 Å². The van der Waals surface area contributed by atoms with Gasteiger partial charge in [-0.1, -0.05) is 6.08 Å². The third-order valence-electron chi connectivity index (χ3n) is 1.51. The molecule has 0 radical (unpaired) electrons. The molecular formula is C9H17NO2S. The first-order valence-electron chi connectivity index (χ1n) is 4.25. The summed E-state index contributed by atoms with van der Waals surface area (Å²) in [4.78, 5) is 10.9. The summed E-state index contributed by atoms with van der Waals surface area (Å²) in [6.45, 7) is 2.49. The summed E-state index contributed by atoms with van der Waals surface area (Å²) >= 11 is 1.77. The second-order valence-corrected chi connectivity index (χ2v) is 3.75. The Labute approximate surface area is 83.7 Å². The molecule has 0 fully saturated rings. The molecule has 13 heavy (non-hydrogen) atoms. The van der Waals surface area contributed by atoms with Gasteiger partial charge in [0.25, 0.3) is 0 Å². The van der Waals surface area contributed by atoms with Crippen LogP contribution in [0.1, 0.15) is 13.3 Å². The molecule has 2 N–H and O–H groups in total. The van der Waals surface area contributed by atoms with Crippen molar-refractivity contribution < 1.29 is 9.53 Å². The topological polar surface area (TPSA) is 52.3 Å². The molecule has 76 valence electrons. The first-order valence-corrected chi connectivity index (χ1v) is 5.40. The van der Waals surface area contributed by atoms with E-state index in [2.05, 4.69) is 4.74 Å². The van der Waals surface area contributed by atoms with E-state index in [1.54, 1.807) is 18.7 Å². The molecule has 0 atom stereocenters. The summed E-state index contributed by atoms with van der Waals surface area (Å²) in [7, 11) is 1.39. The smallest absolute Gasteiger partial charge is 0.333 e. The summed E-state index contributed by atoms with van der Waals surface area (Å²) < 4.78 is 4.55. The van der Waals surface area contributed by atoms with Gasteiger partial charge in [0.15, 0.2) is 0 Å². The van der Waals surface area contributed by atoms with E-state index in [-0.39, 0.29) is 5.97 Å². The SMILES string of the molecule is COC(=O)C(C)=CCSCCCN. The zero-order valence-corrected chi connectivity index (χ0v) is 9.02. The molecular weight excluding hydrogens is 186 g/mol. The van der Waals surface area contributed by atoms with Crippen molar-refractivity contribution in [2.75, 3.05) is 25.2 Å². The molecule has 0 aliphatic heterocycles. The number of hydrogen-bond donors (Lipinski definition) is 1. The standard InChI is InChI=1S/C9H17NO2S/c1-8(9(11)12-2)4-7-13-6-3-5-10/h4H,3,5-7,10H2,1-2H3. The lowest BCUT2D eigenvalue weighted by atomic mass is 10.3. The van der Waals surface area contributed by atoms with Crippen LogP contribution >= 0.6 is 11.8 Å². The lowest BCUT2D eigenvalue weighted by Crippen LogP contribution is -2.02. The van der Waals surface area contributed by atoms with Crippen LogP contribution in [-0.4, -0.2) is 31.1 Å². The van der Waals surface area contributed by atoms with Gasteiger partial charge in [-0.15, -0.1) is 0 Å². The highest BCUT2D eigenvalue weighted by molar-refractivity contribution is 7.99. The maximum Gasteiger partial charge on any atom is 0.333 e. The van der Waals surface area contributed by atoms with Gasteiger partial charge in [-0.2, -0.15) is 11.8 Å². The van der Waals surface area contributed by atoms with Gasteiger partial charge in [0, 0.05) is 11.3 Å². The molecule has 0 heterocycles. The maximum absolute atomic E-state index is 10.9. The number of thioether (sulfide) groups is 1. The quantitative estimate of drug-likeness (QED) is 0.400. The predicted octanol–water partition coefficient (Wildman–Crippen LogP) is 1.19. The van der Waals surface area contributed by atoms with Crippen LogP contribution in [0.4, 0.5) is 0 Å². The molecule has 0 aromatic carbocycles. The number of nitrogens with two attached hydrogens (primary N) is 1. The van der Waals surface area contributed by atoms with Crippen LogP contribution in [0.25, 0.3) is 0 Å². The van der Waals surface area contributed by atoms with E-state index in [1.807, 2.05) is 6.08 Å². The average molecular weight is 203 g/mol. The third kappa shape index (κ3) is 6.66. The fourth-order valence-electron chi connectivity index (χ4n) is 0.697. The Morgan fingerprint density at radius 1 is 1.62 bits per heavy atom. The second kappa shape index (κ2) is 8.13. The molecule has 0 amide bonds. The molecule has 0 rings (SSSR count). The highest BCUT2D eigenvalue weighted by Crippen LogP contribution is 2.04. The monoisotopic (exact) mass is 203 g/mol. The lowest BCUT2D eigenvalue weighted by Gasteiger charge is -1.98.